The zero-order chi connectivity index (χ0) is 15.8. The van der Waals surface area contributed by atoms with Crippen molar-refractivity contribution in [3.05, 3.63) is 72.2 Å². The molecule has 4 rings (SSSR count). The number of imidazole rings is 1. The fraction of sp³-hybridized carbons (Fsp3) is 0.118. The van der Waals surface area contributed by atoms with E-state index in [4.69, 9.17) is 0 Å². The molecule has 0 saturated carbocycles. The van der Waals surface area contributed by atoms with Crippen LogP contribution in [0.1, 0.15) is 23.6 Å². The summed E-state index contributed by atoms with van der Waals surface area (Å²) in [6.45, 7) is 0. The van der Waals surface area contributed by atoms with Crippen molar-refractivity contribution in [2.24, 2.45) is 0 Å². The van der Waals surface area contributed by atoms with E-state index in [1.54, 1.807) is 35.4 Å². The number of pyridine rings is 1. The number of nitrogens with one attached hydrogen (secondary N) is 1. The first-order valence-electron chi connectivity index (χ1n) is 7.25. The van der Waals surface area contributed by atoms with Crippen LogP contribution in [0.25, 0.3) is 5.69 Å². The van der Waals surface area contributed by atoms with Crippen LogP contribution >= 0.6 is 0 Å². The molecule has 23 heavy (non-hydrogen) atoms. The lowest BCUT2D eigenvalue weighted by Gasteiger charge is -2.23. The smallest absolute Gasteiger partial charge is 0.226 e. The first kappa shape index (κ1) is 13.6. The van der Waals surface area contributed by atoms with Crippen molar-refractivity contribution < 1.29 is 9.18 Å². The van der Waals surface area contributed by atoms with Crippen LogP contribution in [-0.4, -0.2) is 20.4 Å². The average molecular weight is 308 g/mol. The Hall–Kier alpha value is -3.02. The third-order valence-electron chi connectivity index (χ3n) is 3.96. The van der Waals surface area contributed by atoms with Gasteiger partial charge in [-0.05, 0) is 35.9 Å². The van der Waals surface area contributed by atoms with E-state index >= 15 is 0 Å². The monoisotopic (exact) mass is 308 g/mol. The maximum Gasteiger partial charge on any atom is 0.226 e. The Morgan fingerprint density at radius 3 is 2.78 bits per heavy atom. The van der Waals surface area contributed by atoms with Crippen LogP contribution in [0, 0.1) is 5.82 Å². The van der Waals surface area contributed by atoms with Gasteiger partial charge in [-0.3, -0.25) is 14.3 Å². The van der Waals surface area contributed by atoms with E-state index < -0.39 is 0 Å². The minimum Gasteiger partial charge on any atom is -0.310 e. The highest BCUT2D eigenvalue weighted by atomic mass is 19.1. The molecule has 0 unspecified atom stereocenters. The molecule has 1 amide bonds. The lowest BCUT2D eigenvalue weighted by Crippen LogP contribution is -2.24. The summed E-state index contributed by atoms with van der Waals surface area (Å²) in [4.78, 5) is 20.7. The summed E-state index contributed by atoms with van der Waals surface area (Å²) in [7, 11) is 0. The van der Waals surface area contributed by atoms with Gasteiger partial charge in [0, 0.05) is 30.4 Å². The lowest BCUT2D eigenvalue weighted by atomic mass is 9.91. The van der Waals surface area contributed by atoms with E-state index in [2.05, 4.69) is 15.3 Å². The van der Waals surface area contributed by atoms with E-state index in [1.165, 1.54) is 12.1 Å². The molecule has 0 aliphatic carbocycles. The molecule has 6 heteroatoms. The van der Waals surface area contributed by atoms with Crippen molar-refractivity contribution in [1.29, 1.82) is 0 Å². The quantitative estimate of drug-likeness (QED) is 0.792. The first-order valence-corrected chi connectivity index (χ1v) is 7.25. The van der Waals surface area contributed by atoms with Gasteiger partial charge in [-0.25, -0.2) is 9.37 Å². The number of benzene rings is 1. The van der Waals surface area contributed by atoms with Gasteiger partial charge in [0.2, 0.25) is 5.91 Å². The second kappa shape index (κ2) is 5.31. The van der Waals surface area contributed by atoms with Crippen molar-refractivity contribution >= 4 is 11.7 Å². The largest absolute Gasteiger partial charge is 0.310 e. The molecule has 1 aliphatic rings. The Kier molecular flexibility index (Phi) is 3.15. The van der Waals surface area contributed by atoms with Crippen molar-refractivity contribution in [3.8, 4) is 5.69 Å². The number of hydrogen-bond acceptors (Lipinski definition) is 3. The number of halogens is 1. The topological polar surface area (TPSA) is 59.8 Å². The van der Waals surface area contributed by atoms with Gasteiger partial charge < -0.3 is 5.32 Å². The van der Waals surface area contributed by atoms with Crippen LogP contribution in [0.4, 0.5) is 10.2 Å². The molecule has 0 radical (unpaired) electrons. The summed E-state index contributed by atoms with van der Waals surface area (Å²) in [6.07, 6.45) is 5.43. The fourth-order valence-corrected chi connectivity index (χ4v) is 2.86. The predicted molar refractivity (Wildman–Crippen MR) is 82.8 cm³/mol. The van der Waals surface area contributed by atoms with Crippen molar-refractivity contribution in [3.63, 3.8) is 0 Å². The Morgan fingerprint density at radius 2 is 2.04 bits per heavy atom. The van der Waals surface area contributed by atoms with Crippen LogP contribution in [-0.2, 0) is 4.79 Å². The van der Waals surface area contributed by atoms with Gasteiger partial charge in [-0.15, -0.1) is 0 Å². The molecule has 3 heterocycles. The number of amides is 1. The van der Waals surface area contributed by atoms with E-state index in [1.807, 2.05) is 12.1 Å². The maximum absolute atomic E-state index is 13.1. The molecule has 1 N–H and O–H groups in total. The molecule has 0 saturated heterocycles. The molecule has 3 aromatic rings. The SMILES string of the molecule is O=C1C[C@H](c2cccnc2)c2ncn(-c3ccc(F)cc3)c2N1. The summed E-state index contributed by atoms with van der Waals surface area (Å²) < 4.78 is 14.9. The first-order chi connectivity index (χ1) is 11.2. The van der Waals surface area contributed by atoms with E-state index in [0.29, 0.717) is 12.2 Å². The summed E-state index contributed by atoms with van der Waals surface area (Å²) in [5.74, 6) is 0.117. The standard InChI is InChI=1S/C17H13FN4O/c18-12-3-5-13(6-4-12)22-10-20-16-14(8-15(23)21-17(16)22)11-2-1-7-19-9-11/h1-7,9-10,14H,8H2,(H,21,23)/t14-/m1/s1. The molecule has 5 nitrogen and oxygen atoms in total. The van der Waals surface area contributed by atoms with Crippen LogP contribution < -0.4 is 5.32 Å². The zero-order valence-electron chi connectivity index (χ0n) is 12.1. The van der Waals surface area contributed by atoms with E-state index in [-0.39, 0.29) is 17.6 Å². The van der Waals surface area contributed by atoms with Gasteiger partial charge in [-0.1, -0.05) is 6.07 Å². The Morgan fingerprint density at radius 1 is 1.22 bits per heavy atom. The average Bonchev–Trinajstić information content (AvgIpc) is 2.99. The highest BCUT2D eigenvalue weighted by molar-refractivity contribution is 5.94. The van der Waals surface area contributed by atoms with Gasteiger partial charge in [0.05, 0.1) is 5.69 Å². The van der Waals surface area contributed by atoms with Crippen molar-refractivity contribution in [2.75, 3.05) is 5.32 Å². The number of aromatic nitrogens is 3. The number of carbonyl (C=O) groups excluding carboxylic acids is 1. The molecule has 0 bridgehead atoms. The molecule has 1 aliphatic heterocycles. The van der Waals surface area contributed by atoms with Gasteiger partial charge >= 0.3 is 0 Å². The Balaban J connectivity index is 1.81. The number of hydrogen-bond donors (Lipinski definition) is 1. The zero-order valence-corrected chi connectivity index (χ0v) is 12.1. The molecule has 114 valence electrons. The normalized spacial score (nSPS) is 16.7. The fourth-order valence-electron chi connectivity index (χ4n) is 2.86. The number of fused-ring (bicyclic) bond motifs is 1. The number of carbonyl (C=O) groups is 1. The van der Waals surface area contributed by atoms with E-state index in [0.717, 1.165) is 16.9 Å². The number of nitrogens with zero attached hydrogens (tertiary/aromatic N) is 3. The minimum absolute atomic E-state index is 0.0739. The maximum atomic E-state index is 13.1. The second-order valence-electron chi connectivity index (χ2n) is 5.42. The lowest BCUT2D eigenvalue weighted by molar-refractivity contribution is -0.116. The van der Waals surface area contributed by atoms with Crippen molar-refractivity contribution in [1.82, 2.24) is 14.5 Å². The molecule has 1 atom stereocenters. The highest BCUT2D eigenvalue weighted by Crippen LogP contribution is 2.36. The van der Waals surface area contributed by atoms with Crippen LogP contribution in [0.5, 0.6) is 0 Å². The number of rotatable bonds is 2. The summed E-state index contributed by atoms with van der Waals surface area (Å²) in [6, 6.07) is 9.85. The van der Waals surface area contributed by atoms with Crippen LogP contribution in [0.3, 0.4) is 0 Å². The van der Waals surface area contributed by atoms with Gasteiger partial charge in [0.15, 0.2) is 0 Å². The predicted octanol–water partition coefficient (Wildman–Crippen LogP) is 2.88. The minimum atomic E-state index is -0.306. The third kappa shape index (κ3) is 2.38. The third-order valence-corrected chi connectivity index (χ3v) is 3.96. The molecule has 0 spiro atoms. The van der Waals surface area contributed by atoms with Gasteiger partial charge in [-0.2, -0.15) is 0 Å². The van der Waals surface area contributed by atoms with E-state index in [9.17, 15) is 9.18 Å². The summed E-state index contributed by atoms with van der Waals surface area (Å²) in [5, 5.41) is 2.87. The van der Waals surface area contributed by atoms with Crippen LogP contribution in [0.2, 0.25) is 0 Å². The summed E-state index contributed by atoms with van der Waals surface area (Å²) >= 11 is 0. The van der Waals surface area contributed by atoms with Gasteiger partial charge in [0.25, 0.3) is 0 Å². The highest BCUT2D eigenvalue weighted by Gasteiger charge is 2.31. The molecular weight excluding hydrogens is 295 g/mol. The summed E-state index contributed by atoms with van der Waals surface area (Å²) in [5.41, 5.74) is 2.49. The Bertz CT molecular complexity index is 858. The van der Waals surface area contributed by atoms with Gasteiger partial charge in [0.1, 0.15) is 18.0 Å². The van der Waals surface area contributed by atoms with Crippen molar-refractivity contribution in [2.45, 2.75) is 12.3 Å². The molecule has 2 aromatic heterocycles. The van der Waals surface area contributed by atoms with Crippen LogP contribution in [0.15, 0.2) is 55.1 Å². The number of anilines is 1. The molecule has 0 fully saturated rings. The molecule has 1 aromatic carbocycles. The second-order valence-corrected chi connectivity index (χ2v) is 5.42. The molecular formula is C17H13FN4O. The Labute approximate surface area is 131 Å².